The number of benzene rings is 8. The molecule has 0 aliphatic carbocycles. The van der Waals surface area contributed by atoms with Gasteiger partial charge in [-0.2, -0.15) is 0 Å². The molecule has 1 unspecified atom stereocenters. The van der Waals surface area contributed by atoms with E-state index in [2.05, 4.69) is 126 Å². The summed E-state index contributed by atoms with van der Waals surface area (Å²) in [6.45, 7) is 25.3. The standard InChI is InChI=1S/C24H24N2O2.C18H19NO3S.C18H19NO2S.C11H15NO2S.Cl2OS/c1-24(2,3)19-14-15-20(25-22(27)17-10-6-4-7-11-17)21(16-19)26-23(28)18-12-8-5-9-13-18;1-18(2,3)15-9-10-16-14(11-15)12-23(21,22)19(16)17(20)13-7-5-4-6-8-13;1-18(2,3)15-9-10-16-14(11-15)12-22(21)19(16)17(20)13-7-5-4-6-8-13;1-11(2,3)9-4-5-10-8(6-9)7-15(13,14)12-10;1-4(2)3/h4-16H,1-3H3,(H,25,27)(H,26,28);4-11H,12H2,1-3H3;4-11H,12H2,1-3H3;4-6,12H,7H2,1-3H3;. The fourth-order valence-corrected chi connectivity index (χ4v) is 13.9. The normalized spacial score (nSPS) is 14.9. The Labute approximate surface area is 555 Å². The summed E-state index contributed by atoms with van der Waals surface area (Å²) in [4.78, 5) is 50.5. The number of halogens is 2. The van der Waals surface area contributed by atoms with Crippen molar-refractivity contribution in [1.82, 2.24) is 0 Å². The maximum atomic E-state index is 12.7. The van der Waals surface area contributed by atoms with E-state index in [0.717, 1.165) is 37.9 Å². The molecule has 0 spiro atoms. The lowest BCUT2D eigenvalue weighted by molar-refractivity contribution is 0.0998. The Morgan fingerprint density at radius 1 is 0.457 bits per heavy atom. The maximum absolute atomic E-state index is 12.7. The van der Waals surface area contributed by atoms with Crippen LogP contribution in [-0.2, 0) is 79.2 Å². The monoisotopic (exact) mass is 1360 g/mol. The minimum atomic E-state index is -3.67. The number of nitrogens with zero attached hydrogens (tertiary/aromatic N) is 2. The SMILES string of the molecule is CC(C)(C)c1ccc(NC(=O)c2ccccc2)c(NC(=O)c2ccccc2)c1.CC(C)(C)c1ccc2c(c1)CS(=O)(=O)N2.CC(C)(C)c1ccc2c(c1)CS(=O)(=O)N2C(=O)c1ccccc1.CC(C)(C)c1ccc2c(c1)CS(=O)N2C(=O)c1ccccc1.O=S(Cl)Cl. The highest BCUT2D eigenvalue weighted by Gasteiger charge is 2.39. The van der Waals surface area contributed by atoms with Crippen LogP contribution in [0.1, 0.15) is 163 Å². The molecule has 1 atom stereocenters. The van der Waals surface area contributed by atoms with Crippen molar-refractivity contribution in [2.45, 2.75) is 122 Å². The smallest absolute Gasteiger partial charge is 0.272 e. The van der Waals surface area contributed by atoms with Gasteiger partial charge in [0.2, 0.25) is 29.3 Å². The largest absolute Gasteiger partial charge is 0.320 e. The molecule has 8 aromatic rings. The van der Waals surface area contributed by atoms with Gasteiger partial charge in [-0.1, -0.05) is 198 Å². The molecule has 3 aliphatic heterocycles. The number of hydrogen-bond donors (Lipinski definition) is 3. The summed E-state index contributed by atoms with van der Waals surface area (Å²) in [5.41, 5.74) is 12.1. The average molecular weight is 1360 g/mol. The van der Waals surface area contributed by atoms with Crippen molar-refractivity contribution >= 4 is 114 Å². The van der Waals surface area contributed by atoms with Gasteiger partial charge in [-0.05, 0) is 139 Å². The van der Waals surface area contributed by atoms with Crippen LogP contribution in [0.3, 0.4) is 0 Å². The zero-order chi connectivity index (χ0) is 67.7. The lowest BCUT2D eigenvalue weighted by Gasteiger charge is -2.22. The van der Waals surface area contributed by atoms with Crippen molar-refractivity contribution in [2.24, 2.45) is 0 Å². The first-order chi connectivity index (χ1) is 42.9. The van der Waals surface area contributed by atoms with Crippen LogP contribution in [0.25, 0.3) is 0 Å². The molecule has 0 saturated heterocycles. The van der Waals surface area contributed by atoms with E-state index < -0.39 is 46.2 Å². The lowest BCUT2D eigenvalue weighted by Crippen LogP contribution is -2.33. The van der Waals surface area contributed by atoms with E-state index in [0.29, 0.717) is 50.6 Å². The van der Waals surface area contributed by atoms with E-state index in [1.54, 1.807) is 72.8 Å². The maximum Gasteiger partial charge on any atom is 0.272 e. The number of fused-ring (bicyclic) bond motifs is 3. The molecule has 15 nitrogen and oxygen atoms in total. The minimum absolute atomic E-state index is 0.0351. The molecule has 8 aromatic carbocycles. The molecule has 3 heterocycles. The molecule has 4 amide bonds. The van der Waals surface area contributed by atoms with Crippen molar-refractivity contribution in [3.05, 3.63) is 255 Å². The van der Waals surface area contributed by atoms with E-state index in [1.165, 1.54) is 15.4 Å². The molecule has 11 rings (SSSR count). The number of hydrogen-bond acceptors (Lipinski definition) is 10. The van der Waals surface area contributed by atoms with Crippen LogP contribution in [0.15, 0.2) is 194 Å². The molecule has 0 radical (unpaired) electrons. The Hall–Kier alpha value is -7.78. The summed E-state index contributed by atoms with van der Waals surface area (Å²) in [5.74, 6) is -0.787. The molecule has 92 heavy (non-hydrogen) atoms. The van der Waals surface area contributed by atoms with Gasteiger partial charge in [-0.25, -0.2) is 33.9 Å². The molecule has 0 bridgehead atoms. The van der Waals surface area contributed by atoms with Crippen LogP contribution in [-0.4, -0.2) is 48.9 Å². The zero-order valence-corrected chi connectivity index (χ0v) is 58.2. The van der Waals surface area contributed by atoms with Gasteiger partial charge >= 0.3 is 0 Å². The predicted molar refractivity (Wildman–Crippen MR) is 376 cm³/mol. The van der Waals surface area contributed by atoms with Crippen molar-refractivity contribution in [1.29, 1.82) is 0 Å². The topological polar surface area (TPSA) is 213 Å². The number of anilines is 5. The highest BCUT2D eigenvalue weighted by Crippen LogP contribution is 2.40. The summed E-state index contributed by atoms with van der Waals surface area (Å²) in [6.07, 6.45) is 0. The molecule has 3 N–H and O–H groups in total. The average Bonchev–Trinajstić information content (AvgIpc) is 1.61. The third kappa shape index (κ3) is 18.9. The third-order valence-electron chi connectivity index (χ3n) is 14.9. The Morgan fingerprint density at radius 2 is 0.826 bits per heavy atom. The van der Waals surface area contributed by atoms with Crippen molar-refractivity contribution in [2.75, 3.05) is 24.0 Å². The van der Waals surface area contributed by atoms with Gasteiger partial charge in [-0.15, -0.1) is 0 Å². The molecular formula is C71H77Cl2N5O10S4. The molecule has 0 fully saturated rings. The van der Waals surface area contributed by atoms with Crippen LogP contribution in [0.5, 0.6) is 0 Å². The third-order valence-corrected chi connectivity index (χ3v) is 19.0. The number of rotatable bonds is 6. The van der Waals surface area contributed by atoms with Gasteiger partial charge in [0, 0.05) is 43.6 Å². The molecular weight excluding hydrogens is 1280 g/mol. The zero-order valence-electron chi connectivity index (χ0n) is 53.5. The number of carbonyl (C=O) groups is 4. The molecule has 0 aromatic heterocycles. The Morgan fingerprint density at radius 3 is 1.28 bits per heavy atom. The fourth-order valence-electron chi connectivity index (χ4n) is 9.76. The summed E-state index contributed by atoms with van der Waals surface area (Å²) in [6, 6.07) is 58.6. The molecule has 0 saturated carbocycles. The van der Waals surface area contributed by atoms with Crippen molar-refractivity contribution in [3.63, 3.8) is 0 Å². The van der Waals surface area contributed by atoms with Crippen LogP contribution in [0.4, 0.5) is 28.4 Å². The van der Waals surface area contributed by atoms with Crippen molar-refractivity contribution in [3.8, 4) is 0 Å². The van der Waals surface area contributed by atoms with Crippen LogP contribution < -0.4 is 24.0 Å². The van der Waals surface area contributed by atoms with Crippen LogP contribution in [0, 0.1) is 0 Å². The highest BCUT2D eigenvalue weighted by atomic mass is 36.0. The van der Waals surface area contributed by atoms with Gasteiger partial charge in [0.05, 0.1) is 45.7 Å². The summed E-state index contributed by atoms with van der Waals surface area (Å²) >= 11 is 0. The Bertz CT molecular complexity index is 4280. The van der Waals surface area contributed by atoms with Crippen LogP contribution in [0.2, 0.25) is 0 Å². The first-order valence-corrected chi connectivity index (χ1v) is 36.7. The van der Waals surface area contributed by atoms with Crippen LogP contribution >= 0.6 is 21.4 Å². The van der Waals surface area contributed by atoms with E-state index >= 15 is 0 Å². The highest BCUT2D eigenvalue weighted by molar-refractivity contribution is 8.26. The summed E-state index contributed by atoms with van der Waals surface area (Å²) < 4.78 is 74.1. The first-order valence-electron chi connectivity index (χ1n) is 29.4. The Kier molecular flexibility index (Phi) is 22.9. The Balaban J connectivity index is 0.000000173. The van der Waals surface area contributed by atoms with Gasteiger partial charge in [0.15, 0.2) is 0 Å². The lowest BCUT2D eigenvalue weighted by atomic mass is 9.86. The minimum Gasteiger partial charge on any atom is -0.320 e. The van der Waals surface area contributed by atoms with Gasteiger partial charge in [0.25, 0.3) is 23.6 Å². The molecule has 484 valence electrons. The molecule has 21 heteroatoms. The summed E-state index contributed by atoms with van der Waals surface area (Å²) in [5, 5.41) is 5.85. The second-order valence-corrected chi connectivity index (χ2v) is 33.5. The van der Waals surface area contributed by atoms with E-state index in [4.69, 9.17) is 4.21 Å². The van der Waals surface area contributed by atoms with E-state index in [9.17, 15) is 40.2 Å². The van der Waals surface area contributed by atoms with Gasteiger partial charge in [-0.3, -0.25) is 23.9 Å². The number of amides is 4. The van der Waals surface area contributed by atoms with E-state index in [-0.39, 0.29) is 50.9 Å². The fraction of sp³-hybridized carbons (Fsp3) is 0.268. The quantitative estimate of drug-likeness (QED) is 0.134. The summed E-state index contributed by atoms with van der Waals surface area (Å²) in [7, 11) is -0.771. The number of carbonyl (C=O) groups excluding carboxylic acids is 4. The predicted octanol–water partition coefficient (Wildman–Crippen LogP) is 16.1. The second-order valence-electron chi connectivity index (χ2n) is 26.1. The van der Waals surface area contributed by atoms with E-state index in [1.807, 2.05) is 115 Å². The van der Waals surface area contributed by atoms with Gasteiger partial charge in [0.1, 0.15) is 11.0 Å². The number of sulfonamides is 2. The first kappa shape index (κ1) is 71.7. The van der Waals surface area contributed by atoms with Gasteiger partial charge < -0.3 is 10.6 Å². The van der Waals surface area contributed by atoms with Crippen molar-refractivity contribution < 1.29 is 44.4 Å². The second kappa shape index (κ2) is 29.4. The number of nitrogens with one attached hydrogen (secondary N) is 3. The molecule has 3 aliphatic rings.